The Bertz CT molecular complexity index is 1370. The number of aromatic nitrogens is 4. The van der Waals surface area contributed by atoms with Gasteiger partial charge in [-0.15, -0.1) is 17.9 Å². The maximum absolute atomic E-state index is 12.7. The Morgan fingerprint density at radius 1 is 1.22 bits per heavy atom. The summed E-state index contributed by atoms with van der Waals surface area (Å²) in [6.07, 6.45) is 1.65. The molecule has 1 N–H and O–H groups in total. The number of benzene rings is 1. The Morgan fingerprint density at radius 3 is 2.69 bits per heavy atom. The number of rotatable bonds is 7. The lowest BCUT2D eigenvalue weighted by Crippen LogP contribution is -2.23. The second kappa shape index (κ2) is 9.13. The summed E-state index contributed by atoms with van der Waals surface area (Å²) in [7, 11) is 0. The minimum absolute atomic E-state index is 0.120. The largest absolute Gasteiger partial charge is 0.322 e. The number of carbonyl (C=O) groups excluding carboxylic acids is 1. The van der Waals surface area contributed by atoms with Gasteiger partial charge in [-0.2, -0.15) is 5.10 Å². The van der Waals surface area contributed by atoms with Crippen molar-refractivity contribution in [2.75, 3.05) is 11.1 Å². The molecule has 0 fully saturated rings. The lowest BCUT2D eigenvalue weighted by Gasteiger charge is -2.10. The summed E-state index contributed by atoms with van der Waals surface area (Å²) in [5, 5.41) is 10.5. The zero-order valence-electron chi connectivity index (χ0n) is 18.1. The van der Waals surface area contributed by atoms with Crippen molar-refractivity contribution in [3.05, 3.63) is 75.7 Å². The molecule has 0 saturated carbocycles. The molecule has 0 unspecified atom stereocenters. The van der Waals surface area contributed by atoms with Gasteiger partial charge in [-0.1, -0.05) is 35.5 Å². The van der Waals surface area contributed by atoms with E-state index in [2.05, 4.69) is 22.0 Å². The summed E-state index contributed by atoms with van der Waals surface area (Å²) in [6.45, 7) is 9.89. The van der Waals surface area contributed by atoms with Crippen LogP contribution < -0.4 is 10.9 Å². The van der Waals surface area contributed by atoms with Gasteiger partial charge in [0.15, 0.2) is 5.16 Å². The number of allylic oxidation sites excluding steroid dienone is 1. The summed E-state index contributed by atoms with van der Waals surface area (Å²) in [5.74, 6) is -0.0648. The number of nitrogens with zero attached hydrogens (tertiary/aromatic N) is 4. The van der Waals surface area contributed by atoms with E-state index in [9.17, 15) is 9.59 Å². The van der Waals surface area contributed by atoms with Gasteiger partial charge in [0, 0.05) is 6.54 Å². The zero-order valence-corrected chi connectivity index (χ0v) is 19.7. The van der Waals surface area contributed by atoms with Crippen molar-refractivity contribution < 1.29 is 4.79 Å². The molecule has 0 aliphatic heterocycles. The Hall–Kier alpha value is -3.17. The highest BCUT2D eigenvalue weighted by Gasteiger charge is 2.17. The smallest absolute Gasteiger partial charge is 0.263 e. The van der Waals surface area contributed by atoms with Crippen LogP contribution in [0.5, 0.6) is 0 Å². The summed E-state index contributed by atoms with van der Waals surface area (Å²) in [5.41, 5.74) is 4.28. The molecule has 3 heterocycles. The number of aryl methyl sites for hydroxylation is 2. The lowest BCUT2D eigenvalue weighted by atomic mass is 10.2. The molecule has 0 aliphatic carbocycles. The van der Waals surface area contributed by atoms with Crippen LogP contribution in [0, 0.1) is 20.8 Å². The predicted octanol–water partition coefficient (Wildman–Crippen LogP) is 4.49. The first-order valence-electron chi connectivity index (χ1n) is 10.0. The predicted molar refractivity (Wildman–Crippen MR) is 131 cm³/mol. The Morgan fingerprint density at radius 2 is 1.97 bits per heavy atom. The fourth-order valence-electron chi connectivity index (χ4n) is 3.40. The van der Waals surface area contributed by atoms with Gasteiger partial charge in [-0.25, -0.2) is 9.67 Å². The van der Waals surface area contributed by atoms with Crippen LogP contribution in [-0.2, 0) is 11.3 Å². The number of thioether (sulfide) groups is 1. The highest BCUT2D eigenvalue weighted by Crippen LogP contribution is 2.25. The maximum atomic E-state index is 12.7. The van der Waals surface area contributed by atoms with Gasteiger partial charge in [0.25, 0.3) is 5.56 Å². The molecule has 0 radical (unpaired) electrons. The molecule has 4 aromatic rings. The molecule has 7 nitrogen and oxygen atoms in total. The van der Waals surface area contributed by atoms with Crippen molar-refractivity contribution in [3.63, 3.8) is 0 Å². The molecule has 9 heteroatoms. The number of carbonyl (C=O) groups is 1. The number of anilines is 1. The van der Waals surface area contributed by atoms with Crippen LogP contribution in [0.25, 0.3) is 15.9 Å². The first kappa shape index (κ1) is 22.0. The van der Waals surface area contributed by atoms with Crippen LogP contribution in [0.1, 0.15) is 17.0 Å². The van der Waals surface area contributed by atoms with Crippen molar-refractivity contribution in [1.29, 1.82) is 0 Å². The van der Waals surface area contributed by atoms with Crippen LogP contribution >= 0.6 is 23.1 Å². The van der Waals surface area contributed by atoms with Gasteiger partial charge in [-0.3, -0.25) is 14.2 Å². The van der Waals surface area contributed by atoms with Crippen molar-refractivity contribution in [1.82, 2.24) is 19.3 Å². The topological polar surface area (TPSA) is 81.8 Å². The molecular formula is C23H23N5O2S2. The Kier molecular flexibility index (Phi) is 6.29. The van der Waals surface area contributed by atoms with Gasteiger partial charge in [0.05, 0.1) is 33.9 Å². The van der Waals surface area contributed by atoms with E-state index in [1.807, 2.05) is 55.1 Å². The van der Waals surface area contributed by atoms with E-state index < -0.39 is 0 Å². The highest BCUT2D eigenvalue weighted by atomic mass is 32.2. The number of fused-ring (bicyclic) bond motifs is 1. The average Bonchev–Trinajstić information content (AvgIpc) is 3.35. The van der Waals surface area contributed by atoms with E-state index in [-0.39, 0.29) is 17.2 Å². The Labute approximate surface area is 193 Å². The molecule has 164 valence electrons. The van der Waals surface area contributed by atoms with E-state index in [1.165, 1.54) is 28.7 Å². The number of thiophene rings is 1. The Balaban J connectivity index is 1.53. The van der Waals surface area contributed by atoms with E-state index in [0.717, 1.165) is 17.1 Å². The third kappa shape index (κ3) is 4.26. The fraction of sp³-hybridized carbons (Fsp3) is 0.217. The first-order chi connectivity index (χ1) is 15.4. The van der Waals surface area contributed by atoms with Gasteiger partial charge in [0.1, 0.15) is 4.83 Å². The second-order valence-corrected chi connectivity index (χ2v) is 9.21. The van der Waals surface area contributed by atoms with E-state index in [0.29, 0.717) is 27.6 Å². The van der Waals surface area contributed by atoms with E-state index >= 15 is 0 Å². The molecule has 0 bridgehead atoms. The van der Waals surface area contributed by atoms with Crippen LogP contribution in [-0.4, -0.2) is 31.0 Å². The van der Waals surface area contributed by atoms with Gasteiger partial charge in [-0.05, 0) is 44.4 Å². The van der Waals surface area contributed by atoms with E-state index in [4.69, 9.17) is 0 Å². The average molecular weight is 466 g/mol. The monoisotopic (exact) mass is 465 g/mol. The van der Waals surface area contributed by atoms with Crippen molar-refractivity contribution >= 4 is 44.9 Å². The maximum Gasteiger partial charge on any atom is 0.263 e. The summed E-state index contributed by atoms with van der Waals surface area (Å²) in [4.78, 5) is 30.7. The first-order valence-corrected chi connectivity index (χ1v) is 11.9. The molecule has 1 amide bonds. The SMILES string of the molecule is C=CCn1c(SCC(=O)Nc2c(C)nn(-c3ccc(C)cc3)c2C)nc2sccc2c1=O. The number of nitrogens with one attached hydrogen (secondary N) is 1. The van der Waals surface area contributed by atoms with Crippen LogP contribution in [0.4, 0.5) is 5.69 Å². The van der Waals surface area contributed by atoms with Crippen LogP contribution in [0.3, 0.4) is 0 Å². The minimum Gasteiger partial charge on any atom is -0.322 e. The standard InChI is InChI=1S/C23H23N5O2S2/c1-5-11-27-22(30)18-10-12-31-21(18)25-23(27)32-13-19(29)24-20-15(3)26-28(16(20)4)17-8-6-14(2)7-9-17/h5-10,12H,1,11,13H2,2-4H3,(H,24,29). The third-order valence-corrected chi connectivity index (χ3v) is 6.81. The molecular weight excluding hydrogens is 442 g/mol. The minimum atomic E-state index is -0.185. The number of hydrogen-bond acceptors (Lipinski definition) is 6. The summed E-state index contributed by atoms with van der Waals surface area (Å²) < 4.78 is 3.37. The molecule has 3 aromatic heterocycles. The molecule has 4 rings (SSSR count). The van der Waals surface area contributed by atoms with Crippen molar-refractivity contribution in [3.8, 4) is 5.69 Å². The molecule has 0 aliphatic rings. The quantitative estimate of drug-likeness (QED) is 0.247. The second-order valence-electron chi connectivity index (χ2n) is 7.37. The van der Waals surface area contributed by atoms with Crippen molar-refractivity contribution in [2.24, 2.45) is 0 Å². The lowest BCUT2D eigenvalue weighted by molar-refractivity contribution is -0.113. The summed E-state index contributed by atoms with van der Waals surface area (Å²) >= 11 is 2.64. The molecule has 0 spiro atoms. The van der Waals surface area contributed by atoms with Crippen LogP contribution in [0.2, 0.25) is 0 Å². The molecule has 0 atom stereocenters. The number of hydrogen-bond donors (Lipinski definition) is 1. The molecule has 0 saturated heterocycles. The highest BCUT2D eigenvalue weighted by molar-refractivity contribution is 7.99. The molecule has 1 aromatic carbocycles. The van der Waals surface area contributed by atoms with Gasteiger partial charge >= 0.3 is 0 Å². The molecule has 32 heavy (non-hydrogen) atoms. The van der Waals surface area contributed by atoms with Crippen molar-refractivity contribution in [2.45, 2.75) is 32.5 Å². The van der Waals surface area contributed by atoms with Crippen LogP contribution in [0.15, 0.2) is 58.3 Å². The van der Waals surface area contributed by atoms with E-state index in [1.54, 1.807) is 16.7 Å². The fourth-order valence-corrected chi connectivity index (χ4v) is 5.01. The third-order valence-electron chi connectivity index (χ3n) is 5.03. The summed E-state index contributed by atoms with van der Waals surface area (Å²) in [6, 6.07) is 9.83. The number of amides is 1. The normalized spacial score (nSPS) is 11.1. The van der Waals surface area contributed by atoms with Gasteiger partial charge in [0.2, 0.25) is 5.91 Å². The zero-order chi connectivity index (χ0) is 22.8. The van der Waals surface area contributed by atoms with Gasteiger partial charge < -0.3 is 5.32 Å².